The summed E-state index contributed by atoms with van der Waals surface area (Å²) >= 11 is 0. The minimum atomic E-state index is -4.30. The van der Waals surface area contributed by atoms with Gasteiger partial charge in [-0.05, 0) is 53.9 Å². The maximum Gasteiger partial charge on any atom is 0.206 e. The molecule has 0 saturated heterocycles. The van der Waals surface area contributed by atoms with Crippen LogP contribution in [0.5, 0.6) is 0 Å². The second-order valence-corrected chi connectivity index (χ2v) is 12.0. The van der Waals surface area contributed by atoms with Crippen molar-refractivity contribution in [2.24, 2.45) is 4.99 Å². The summed E-state index contributed by atoms with van der Waals surface area (Å²) in [5, 5.41) is 0. The maximum atomic E-state index is 13.4. The van der Waals surface area contributed by atoms with Crippen molar-refractivity contribution < 1.29 is 16.8 Å². The number of benzene rings is 3. The van der Waals surface area contributed by atoms with Gasteiger partial charge in [0.1, 0.15) is 0 Å². The first-order valence-corrected chi connectivity index (χ1v) is 13.6. The van der Waals surface area contributed by atoms with Crippen LogP contribution in [0.25, 0.3) is 0 Å². The molecule has 0 bridgehead atoms. The van der Waals surface area contributed by atoms with Crippen LogP contribution in [0.4, 0.5) is 5.82 Å². The van der Waals surface area contributed by atoms with E-state index >= 15 is 0 Å². The van der Waals surface area contributed by atoms with Crippen molar-refractivity contribution in [3.8, 4) is 0 Å². The third-order valence-electron chi connectivity index (χ3n) is 5.14. The Kier molecular flexibility index (Phi) is 7.00. The van der Waals surface area contributed by atoms with Crippen molar-refractivity contribution in [2.45, 2.75) is 20.8 Å². The topological polar surface area (TPSA) is 93.5 Å². The van der Waals surface area contributed by atoms with Crippen LogP contribution in [0, 0.1) is 0 Å². The van der Waals surface area contributed by atoms with E-state index in [0.717, 1.165) is 17.3 Å². The average Bonchev–Trinajstić information content (AvgIpc) is 2.86. The molecule has 0 spiro atoms. The Morgan fingerprint density at radius 1 is 0.676 bits per heavy atom. The van der Waals surface area contributed by atoms with E-state index in [9.17, 15) is 16.8 Å². The first kappa shape index (κ1) is 23.5. The van der Waals surface area contributed by atoms with E-state index < -0.39 is 24.3 Å². The Bertz CT molecular complexity index is 1420. The molecular weight excluding hydrogens is 468 g/mol. The van der Waals surface area contributed by atoms with Gasteiger partial charge in [-0.1, -0.05) is 66.7 Å². The Morgan fingerprint density at radius 2 is 1.18 bits per heavy atom. The molecule has 0 unspecified atom stereocenters. The largest absolute Gasteiger partial charge is 0.239 e. The molecule has 0 saturated carbocycles. The van der Waals surface area contributed by atoms with Crippen LogP contribution in [-0.4, -0.2) is 32.6 Å². The van der Waals surface area contributed by atoms with Crippen LogP contribution in [0.2, 0.25) is 0 Å². The van der Waals surface area contributed by atoms with Crippen molar-refractivity contribution in [1.82, 2.24) is 4.98 Å². The van der Waals surface area contributed by atoms with Gasteiger partial charge < -0.3 is 0 Å². The van der Waals surface area contributed by atoms with Gasteiger partial charge in [0.15, 0.2) is 5.82 Å². The van der Waals surface area contributed by atoms with Crippen molar-refractivity contribution in [3.05, 3.63) is 120 Å². The predicted octanol–water partition coefficient (Wildman–Crippen LogP) is 4.65. The van der Waals surface area contributed by atoms with Gasteiger partial charge in [0.2, 0.25) is 24.3 Å². The molecule has 172 valence electrons. The van der Waals surface area contributed by atoms with E-state index in [1.165, 1.54) is 24.3 Å². The molecule has 0 aliphatic heterocycles. The number of nitrogens with zero attached hydrogens (tertiary/aromatic N) is 2. The number of hydrogen-bond donors (Lipinski definition) is 0. The lowest BCUT2D eigenvalue weighted by Crippen LogP contribution is -2.32. The van der Waals surface area contributed by atoms with Crippen LogP contribution in [0.1, 0.15) is 11.1 Å². The highest BCUT2D eigenvalue weighted by Crippen LogP contribution is 2.25. The predicted molar refractivity (Wildman–Crippen MR) is 133 cm³/mol. The Balaban J connectivity index is 1.73. The van der Waals surface area contributed by atoms with Crippen LogP contribution in [0.15, 0.2) is 124 Å². The van der Waals surface area contributed by atoms with E-state index in [2.05, 4.69) is 9.98 Å². The molecule has 34 heavy (non-hydrogen) atoms. The number of sulfone groups is 2. The number of aliphatic imine (C=N–C) groups is 1. The summed E-state index contributed by atoms with van der Waals surface area (Å²) in [6.07, 6.45) is 3.16. The van der Waals surface area contributed by atoms with Crippen molar-refractivity contribution in [3.63, 3.8) is 0 Å². The minimum Gasteiger partial charge on any atom is -0.239 e. The summed E-state index contributed by atoms with van der Waals surface area (Å²) in [6.45, 7) is 0. The number of rotatable bonds is 8. The van der Waals surface area contributed by atoms with Crippen molar-refractivity contribution in [1.29, 1.82) is 0 Å². The molecule has 0 fully saturated rings. The van der Waals surface area contributed by atoms with E-state index in [4.69, 9.17) is 0 Å². The summed E-state index contributed by atoms with van der Waals surface area (Å²) in [5.41, 5.74) is 2.02. The maximum absolute atomic E-state index is 13.4. The van der Waals surface area contributed by atoms with Gasteiger partial charge >= 0.3 is 0 Å². The molecule has 0 atom stereocenters. The van der Waals surface area contributed by atoms with E-state index in [-0.39, 0.29) is 15.6 Å². The molecule has 3 aromatic carbocycles. The molecule has 4 rings (SSSR count). The van der Waals surface area contributed by atoms with Gasteiger partial charge in [-0.15, -0.1) is 0 Å². The highest BCUT2D eigenvalue weighted by molar-refractivity contribution is 8.10. The third-order valence-corrected chi connectivity index (χ3v) is 9.99. The molecular formula is C26H22N2O4S2. The van der Waals surface area contributed by atoms with Crippen LogP contribution < -0.4 is 0 Å². The molecule has 0 amide bonds. The monoisotopic (exact) mass is 490 g/mol. The van der Waals surface area contributed by atoms with Gasteiger partial charge in [-0.2, -0.15) is 0 Å². The standard InChI is InChI=1S/C26H22N2O4S2/c29-33(30,23-12-6-2-7-13-23)26(34(31,32)24-14-8-3-9-15-24)20-28-25-19-22(16-17-27-25)18-21-10-4-1-5-11-21/h1-17,19-20,26H,18H2. The van der Waals surface area contributed by atoms with Crippen molar-refractivity contribution in [2.75, 3.05) is 0 Å². The lowest BCUT2D eigenvalue weighted by molar-refractivity contribution is 0.584. The van der Waals surface area contributed by atoms with E-state index in [1.807, 2.05) is 36.4 Å². The van der Waals surface area contributed by atoms with Gasteiger partial charge in [-0.3, -0.25) is 0 Å². The van der Waals surface area contributed by atoms with E-state index in [1.54, 1.807) is 48.7 Å². The van der Waals surface area contributed by atoms with Gasteiger partial charge in [0.25, 0.3) is 0 Å². The van der Waals surface area contributed by atoms with E-state index in [0.29, 0.717) is 6.42 Å². The molecule has 1 aromatic heterocycles. The first-order valence-electron chi connectivity index (χ1n) is 10.5. The minimum absolute atomic E-state index is 0.100. The second kappa shape index (κ2) is 10.1. The number of pyridine rings is 1. The highest BCUT2D eigenvalue weighted by Gasteiger charge is 2.38. The summed E-state index contributed by atoms with van der Waals surface area (Å²) in [5.74, 6) is 0.227. The van der Waals surface area contributed by atoms with Crippen LogP contribution in [0.3, 0.4) is 0 Å². The lowest BCUT2D eigenvalue weighted by Gasteiger charge is -2.15. The Morgan fingerprint density at radius 3 is 1.71 bits per heavy atom. The molecule has 8 heteroatoms. The quantitative estimate of drug-likeness (QED) is 0.335. The van der Waals surface area contributed by atoms with Crippen molar-refractivity contribution >= 4 is 31.7 Å². The smallest absolute Gasteiger partial charge is 0.206 e. The summed E-state index contributed by atoms with van der Waals surface area (Å²) in [4.78, 5) is 8.17. The zero-order valence-electron chi connectivity index (χ0n) is 18.1. The Hall–Kier alpha value is -3.62. The fourth-order valence-corrected chi connectivity index (χ4v) is 7.48. The van der Waals surface area contributed by atoms with Crippen LogP contribution in [-0.2, 0) is 26.1 Å². The summed E-state index contributed by atoms with van der Waals surface area (Å²) in [6, 6.07) is 28.4. The molecule has 0 aliphatic rings. The fourth-order valence-electron chi connectivity index (χ4n) is 3.43. The Labute approximate surface area is 199 Å². The number of hydrogen-bond acceptors (Lipinski definition) is 6. The molecule has 0 N–H and O–H groups in total. The summed E-state index contributed by atoms with van der Waals surface area (Å²) in [7, 11) is -8.60. The lowest BCUT2D eigenvalue weighted by atomic mass is 10.1. The average molecular weight is 491 g/mol. The molecule has 0 radical (unpaired) electrons. The zero-order chi connectivity index (χ0) is 24.0. The zero-order valence-corrected chi connectivity index (χ0v) is 19.7. The first-order chi connectivity index (χ1) is 16.4. The molecule has 0 aliphatic carbocycles. The highest BCUT2D eigenvalue weighted by atomic mass is 32.3. The SMILES string of the molecule is O=S(=O)(c1ccccc1)C(C=Nc1cc(Cc2ccccc2)ccn1)S(=O)(=O)c1ccccc1. The summed E-state index contributed by atoms with van der Waals surface area (Å²) < 4.78 is 51.7. The number of aromatic nitrogens is 1. The molecule has 4 aromatic rings. The van der Waals surface area contributed by atoms with Gasteiger partial charge in [0, 0.05) is 12.4 Å². The normalized spacial score (nSPS) is 12.3. The van der Waals surface area contributed by atoms with Gasteiger partial charge in [0.05, 0.1) is 9.79 Å². The van der Waals surface area contributed by atoms with Gasteiger partial charge in [-0.25, -0.2) is 26.8 Å². The van der Waals surface area contributed by atoms with Crippen LogP contribution >= 0.6 is 0 Å². The third kappa shape index (κ3) is 5.30. The second-order valence-electron chi connectivity index (χ2n) is 7.55. The molecule has 1 heterocycles. The molecule has 6 nitrogen and oxygen atoms in total. The fraction of sp³-hybridized carbons (Fsp3) is 0.0769.